The van der Waals surface area contributed by atoms with E-state index in [0.29, 0.717) is 5.69 Å². The first kappa shape index (κ1) is 9.21. The summed E-state index contributed by atoms with van der Waals surface area (Å²) in [5.41, 5.74) is 2.14. The summed E-state index contributed by atoms with van der Waals surface area (Å²) in [5.74, 6) is 0. The van der Waals surface area contributed by atoms with Gasteiger partial charge in [-0.05, 0) is 12.1 Å². The molecule has 0 aliphatic carbocycles. The molecule has 0 saturated heterocycles. The van der Waals surface area contributed by atoms with Crippen LogP contribution >= 0.6 is 0 Å². The van der Waals surface area contributed by atoms with Crippen molar-refractivity contribution in [3.8, 4) is 6.07 Å². The van der Waals surface area contributed by atoms with E-state index in [1.807, 2.05) is 19.3 Å². The molecule has 74 valence electrons. The van der Waals surface area contributed by atoms with Crippen LogP contribution in [0.4, 0.5) is 11.4 Å². The first-order chi connectivity index (χ1) is 7.28. The molecule has 2 aromatic rings. The SMILES string of the molecule is Cn1cc(Nc2ccc(C#N)nc2)cn1. The summed E-state index contributed by atoms with van der Waals surface area (Å²) in [7, 11) is 1.85. The van der Waals surface area contributed by atoms with E-state index in [2.05, 4.69) is 15.4 Å². The predicted octanol–water partition coefficient (Wildman–Crippen LogP) is 1.43. The maximum absolute atomic E-state index is 8.58. The first-order valence-corrected chi connectivity index (χ1v) is 4.40. The van der Waals surface area contributed by atoms with Gasteiger partial charge in [-0.1, -0.05) is 0 Å². The molecule has 0 spiro atoms. The van der Waals surface area contributed by atoms with Crippen LogP contribution in [-0.2, 0) is 7.05 Å². The summed E-state index contributed by atoms with van der Waals surface area (Å²) in [5, 5.41) is 15.7. The summed E-state index contributed by atoms with van der Waals surface area (Å²) < 4.78 is 1.71. The molecule has 0 atom stereocenters. The van der Waals surface area contributed by atoms with Crippen molar-refractivity contribution in [3.63, 3.8) is 0 Å². The Morgan fingerprint density at radius 3 is 2.73 bits per heavy atom. The summed E-state index contributed by atoms with van der Waals surface area (Å²) in [6.45, 7) is 0. The monoisotopic (exact) mass is 199 g/mol. The minimum atomic E-state index is 0.409. The van der Waals surface area contributed by atoms with E-state index < -0.39 is 0 Å². The first-order valence-electron chi connectivity index (χ1n) is 4.40. The summed E-state index contributed by atoms with van der Waals surface area (Å²) in [6.07, 6.45) is 5.20. The zero-order valence-electron chi connectivity index (χ0n) is 8.18. The molecule has 2 aromatic heterocycles. The highest BCUT2D eigenvalue weighted by Crippen LogP contribution is 2.13. The van der Waals surface area contributed by atoms with E-state index in [4.69, 9.17) is 5.26 Å². The van der Waals surface area contributed by atoms with Gasteiger partial charge in [0.05, 0.1) is 23.8 Å². The lowest BCUT2D eigenvalue weighted by molar-refractivity contribution is 0.768. The average molecular weight is 199 g/mol. The van der Waals surface area contributed by atoms with Crippen LogP contribution in [0, 0.1) is 11.3 Å². The van der Waals surface area contributed by atoms with Crippen molar-refractivity contribution < 1.29 is 0 Å². The fraction of sp³-hybridized carbons (Fsp3) is 0.100. The Kier molecular flexibility index (Phi) is 2.33. The van der Waals surface area contributed by atoms with Crippen molar-refractivity contribution in [1.29, 1.82) is 5.26 Å². The second kappa shape index (κ2) is 3.80. The van der Waals surface area contributed by atoms with E-state index >= 15 is 0 Å². The number of hydrogen-bond donors (Lipinski definition) is 1. The minimum absolute atomic E-state index is 0.409. The molecule has 0 fully saturated rings. The molecule has 15 heavy (non-hydrogen) atoms. The smallest absolute Gasteiger partial charge is 0.140 e. The Balaban J connectivity index is 2.15. The molecule has 0 aliphatic rings. The van der Waals surface area contributed by atoms with E-state index in [9.17, 15) is 0 Å². The lowest BCUT2D eigenvalue weighted by Gasteiger charge is -2.01. The van der Waals surface area contributed by atoms with Gasteiger partial charge in [-0.3, -0.25) is 4.68 Å². The molecule has 5 nitrogen and oxygen atoms in total. The van der Waals surface area contributed by atoms with Crippen molar-refractivity contribution in [2.45, 2.75) is 0 Å². The summed E-state index contributed by atoms with van der Waals surface area (Å²) in [4.78, 5) is 3.95. The highest BCUT2D eigenvalue weighted by molar-refractivity contribution is 5.57. The number of hydrogen-bond acceptors (Lipinski definition) is 4. The largest absolute Gasteiger partial charge is 0.352 e. The van der Waals surface area contributed by atoms with Crippen LogP contribution in [0.2, 0.25) is 0 Å². The van der Waals surface area contributed by atoms with Gasteiger partial charge in [0.25, 0.3) is 0 Å². The van der Waals surface area contributed by atoms with Crippen LogP contribution in [-0.4, -0.2) is 14.8 Å². The van der Waals surface area contributed by atoms with Crippen LogP contribution in [0.5, 0.6) is 0 Å². The Labute approximate surface area is 87.0 Å². The molecule has 0 radical (unpaired) electrons. The Morgan fingerprint density at radius 2 is 2.20 bits per heavy atom. The number of aryl methyl sites for hydroxylation is 1. The number of anilines is 2. The highest BCUT2D eigenvalue weighted by atomic mass is 15.3. The Hall–Kier alpha value is -2.35. The molecule has 0 bridgehead atoms. The zero-order valence-corrected chi connectivity index (χ0v) is 8.18. The molecule has 5 heteroatoms. The maximum atomic E-state index is 8.58. The molecule has 2 heterocycles. The van der Waals surface area contributed by atoms with Gasteiger partial charge in [-0.25, -0.2) is 4.98 Å². The molecule has 0 aliphatic heterocycles. The van der Waals surface area contributed by atoms with Gasteiger partial charge < -0.3 is 5.32 Å². The predicted molar refractivity (Wildman–Crippen MR) is 55.4 cm³/mol. The third kappa shape index (κ3) is 2.11. The van der Waals surface area contributed by atoms with Gasteiger partial charge in [0, 0.05) is 13.2 Å². The number of pyridine rings is 1. The van der Waals surface area contributed by atoms with E-state index in [1.54, 1.807) is 29.2 Å². The fourth-order valence-corrected chi connectivity index (χ4v) is 1.19. The van der Waals surface area contributed by atoms with Crippen LogP contribution < -0.4 is 5.32 Å². The highest BCUT2D eigenvalue weighted by Gasteiger charge is 1.97. The number of nitriles is 1. The van der Waals surface area contributed by atoms with Gasteiger partial charge in [-0.15, -0.1) is 0 Å². The van der Waals surface area contributed by atoms with Gasteiger partial charge in [0.1, 0.15) is 11.8 Å². The molecule has 0 unspecified atom stereocenters. The van der Waals surface area contributed by atoms with Crippen molar-refractivity contribution in [3.05, 3.63) is 36.4 Å². The fourth-order valence-electron chi connectivity index (χ4n) is 1.19. The average Bonchev–Trinajstić information content (AvgIpc) is 2.65. The zero-order chi connectivity index (χ0) is 10.7. The lowest BCUT2D eigenvalue weighted by Crippen LogP contribution is -1.90. The van der Waals surface area contributed by atoms with Gasteiger partial charge in [0.15, 0.2) is 0 Å². The lowest BCUT2D eigenvalue weighted by atomic mass is 10.3. The summed E-state index contributed by atoms with van der Waals surface area (Å²) in [6, 6.07) is 5.44. The van der Waals surface area contributed by atoms with Gasteiger partial charge >= 0.3 is 0 Å². The molecule has 0 saturated carbocycles. The second-order valence-corrected chi connectivity index (χ2v) is 3.07. The molecule has 1 N–H and O–H groups in total. The molecule has 2 rings (SSSR count). The molecule has 0 aromatic carbocycles. The van der Waals surface area contributed by atoms with Crippen molar-refractivity contribution in [2.75, 3.05) is 5.32 Å². The number of rotatable bonds is 2. The minimum Gasteiger partial charge on any atom is -0.352 e. The van der Waals surface area contributed by atoms with Crippen molar-refractivity contribution in [2.24, 2.45) is 7.05 Å². The topological polar surface area (TPSA) is 66.5 Å². The van der Waals surface area contributed by atoms with E-state index in [-0.39, 0.29) is 0 Å². The normalized spacial score (nSPS) is 9.60. The Morgan fingerprint density at radius 1 is 1.33 bits per heavy atom. The quantitative estimate of drug-likeness (QED) is 0.794. The van der Waals surface area contributed by atoms with Crippen LogP contribution in [0.25, 0.3) is 0 Å². The summed E-state index contributed by atoms with van der Waals surface area (Å²) >= 11 is 0. The standard InChI is InChI=1S/C10H9N5/c1-15-7-10(6-13-15)14-9-3-2-8(4-11)12-5-9/h2-3,5-7,14H,1H3. The third-order valence-electron chi connectivity index (χ3n) is 1.87. The number of nitrogens with one attached hydrogen (secondary N) is 1. The van der Waals surface area contributed by atoms with Crippen LogP contribution in [0.3, 0.4) is 0 Å². The van der Waals surface area contributed by atoms with E-state index in [0.717, 1.165) is 11.4 Å². The third-order valence-corrected chi connectivity index (χ3v) is 1.87. The van der Waals surface area contributed by atoms with Crippen molar-refractivity contribution in [1.82, 2.24) is 14.8 Å². The van der Waals surface area contributed by atoms with Crippen molar-refractivity contribution >= 4 is 11.4 Å². The number of aromatic nitrogens is 3. The van der Waals surface area contributed by atoms with E-state index in [1.165, 1.54) is 0 Å². The molecule has 0 amide bonds. The molecular weight excluding hydrogens is 190 g/mol. The van der Waals surface area contributed by atoms with Crippen LogP contribution in [0.1, 0.15) is 5.69 Å². The van der Waals surface area contributed by atoms with Gasteiger partial charge in [-0.2, -0.15) is 10.4 Å². The Bertz CT molecular complexity index is 491. The molecular formula is C10H9N5. The second-order valence-electron chi connectivity index (χ2n) is 3.07. The van der Waals surface area contributed by atoms with Crippen LogP contribution in [0.15, 0.2) is 30.7 Å². The maximum Gasteiger partial charge on any atom is 0.140 e. The number of nitrogens with zero attached hydrogens (tertiary/aromatic N) is 4. The van der Waals surface area contributed by atoms with Gasteiger partial charge in [0.2, 0.25) is 0 Å².